The molecule has 0 saturated heterocycles. The third kappa shape index (κ3) is 3.60. The van der Waals surface area contributed by atoms with Crippen LogP contribution in [0.25, 0.3) is 10.8 Å². The number of anilines is 5. The van der Waals surface area contributed by atoms with Crippen LogP contribution in [0.4, 0.5) is 28.7 Å². The molecule has 0 atom stereocenters. The molecule has 0 aliphatic heterocycles. The molecule has 0 unspecified atom stereocenters. The summed E-state index contributed by atoms with van der Waals surface area (Å²) >= 11 is 0. The zero-order chi connectivity index (χ0) is 19.5. The number of fused-ring (bicyclic) bond motifs is 1. The number of nitrogens with zero attached hydrogens (tertiary/aromatic N) is 2. The second kappa shape index (κ2) is 7.56. The van der Waals surface area contributed by atoms with E-state index < -0.39 is 0 Å². The Morgan fingerprint density at radius 2 is 1.46 bits per heavy atom. The second-order valence-corrected chi connectivity index (χ2v) is 7.04. The highest BCUT2D eigenvalue weighted by Gasteiger charge is 2.10. The van der Waals surface area contributed by atoms with Crippen molar-refractivity contribution in [2.75, 3.05) is 16.4 Å². The smallest absolute Gasteiger partial charge is 0.159 e. The Hall–Kier alpha value is -3.60. The number of nitrogen functional groups attached to an aromatic ring is 1. The molecule has 4 rings (SSSR count). The van der Waals surface area contributed by atoms with Crippen LogP contribution >= 0.6 is 0 Å². The number of hydrogen-bond donors (Lipinski definition) is 3. The van der Waals surface area contributed by atoms with Gasteiger partial charge in [-0.15, -0.1) is 0 Å². The summed E-state index contributed by atoms with van der Waals surface area (Å²) in [6.45, 7) is 4.35. The predicted octanol–water partition coefficient (Wildman–Crippen LogP) is 5.82. The number of hydrogen-bond acceptors (Lipinski definition) is 5. The highest BCUT2D eigenvalue weighted by Crippen LogP contribution is 2.31. The van der Waals surface area contributed by atoms with Crippen molar-refractivity contribution in [1.82, 2.24) is 9.97 Å². The molecule has 1 heterocycles. The zero-order valence-electron chi connectivity index (χ0n) is 16.0. The quantitative estimate of drug-likeness (QED) is 0.413. The Balaban J connectivity index is 1.61. The van der Waals surface area contributed by atoms with Gasteiger partial charge in [0, 0.05) is 16.8 Å². The van der Waals surface area contributed by atoms with E-state index in [4.69, 9.17) is 5.73 Å². The van der Waals surface area contributed by atoms with Crippen LogP contribution in [-0.2, 0) is 0 Å². The lowest BCUT2D eigenvalue weighted by Gasteiger charge is -2.14. The molecule has 140 valence electrons. The minimum Gasteiger partial charge on any atom is -0.393 e. The Morgan fingerprint density at radius 3 is 2.21 bits per heavy atom. The molecule has 4 aromatic rings. The van der Waals surface area contributed by atoms with Gasteiger partial charge in [-0.05, 0) is 35.1 Å². The Kier molecular flexibility index (Phi) is 4.81. The molecule has 5 heteroatoms. The monoisotopic (exact) mass is 369 g/mol. The lowest BCUT2D eigenvalue weighted by Crippen LogP contribution is -2.05. The van der Waals surface area contributed by atoms with E-state index in [1.807, 2.05) is 36.4 Å². The lowest BCUT2D eigenvalue weighted by molar-refractivity contribution is 0.867. The molecule has 0 amide bonds. The number of aromatic nitrogens is 2. The largest absolute Gasteiger partial charge is 0.393 e. The number of nitrogens with two attached hydrogens (primary N) is 1. The van der Waals surface area contributed by atoms with Gasteiger partial charge in [0.2, 0.25) is 0 Å². The summed E-state index contributed by atoms with van der Waals surface area (Å²) in [6.07, 6.45) is 1.51. The van der Waals surface area contributed by atoms with Gasteiger partial charge in [-0.25, -0.2) is 9.97 Å². The molecule has 0 aliphatic carbocycles. The van der Waals surface area contributed by atoms with Gasteiger partial charge in [-0.2, -0.15) is 0 Å². The highest BCUT2D eigenvalue weighted by atomic mass is 15.1. The normalized spacial score (nSPS) is 11.0. The summed E-state index contributed by atoms with van der Waals surface area (Å²) in [5, 5.41) is 8.90. The van der Waals surface area contributed by atoms with Crippen LogP contribution in [-0.4, -0.2) is 9.97 Å². The average molecular weight is 369 g/mol. The van der Waals surface area contributed by atoms with Gasteiger partial charge < -0.3 is 16.4 Å². The molecule has 3 aromatic carbocycles. The molecule has 0 spiro atoms. The Morgan fingerprint density at radius 1 is 0.786 bits per heavy atom. The zero-order valence-corrected chi connectivity index (χ0v) is 16.0. The van der Waals surface area contributed by atoms with Gasteiger partial charge in [0.05, 0.1) is 0 Å². The number of nitrogens with one attached hydrogen (secondary N) is 2. The fraction of sp³-hybridized carbons (Fsp3) is 0.130. The van der Waals surface area contributed by atoms with E-state index in [1.54, 1.807) is 0 Å². The molecular formula is C23H23N5. The summed E-state index contributed by atoms with van der Waals surface area (Å²) < 4.78 is 0. The Labute approximate surface area is 164 Å². The molecule has 4 N–H and O–H groups in total. The highest BCUT2D eigenvalue weighted by molar-refractivity contribution is 5.96. The van der Waals surface area contributed by atoms with Crippen LogP contribution in [0, 0.1) is 0 Å². The van der Waals surface area contributed by atoms with E-state index in [-0.39, 0.29) is 0 Å². The average Bonchev–Trinajstić information content (AvgIpc) is 2.71. The van der Waals surface area contributed by atoms with E-state index in [2.05, 4.69) is 64.8 Å². The van der Waals surface area contributed by atoms with Crippen molar-refractivity contribution in [3.05, 3.63) is 78.6 Å². The van der Waals surface area contributed by atoms with Crippen molar-refractivity contribution in [3.8, 4) is 0 Å². The third-order valence-corrected chi connectivity index (χ3v) is 4.77. The van der Waals surface area contributed by atoms with Crippen LogP contribution in [0.1, 0.15) is 25.3 Å². The van der Waals surface area contributed by atoms with E-state index >= 15 is 0 Å². The van der Waals surface area contributed by atoms with Gasteiger partial charge in [-0.1, -0.05) is 62.4 Å². The van der Waals surface area contributed by atoms with Gasteiger partial charge in [-0.3, -0.25) is 0 Å². The van der Waals surface area contributed by atoms with E-state index in [1.165, 1.54) is 11.9 Å². The number of benzene rings is 3. The van der Waals surface area contributed by atoms with E-state index in [0.29, 0.717) is 23.2 Å². The topological polar surface area (TPSA) is 75.9 Å². The van der Waals surface area contributed by atoms with E-state index in [9.17, 15) is 0 Å². The summed E-state index contributed by atoms with van der Waals surface area (Å²) in [7, 11) is 0. The molecular weight excluding hydrogens is 346 g/mol. The standard InChI is InChI=1S/C23H23N5/c1-15(2)16-10-12-18(13-11-16)27-22-21(24)23(26-14-25-22)28-20-9-5-7-17-6-3-4-8-19(17)20/h3-15H,24H2,1-2H3,(H2,25,26,27,28). The minimum atomic E-state index is 0.475. The summed E-state index contributed by atoms with van der Waals surface area (Å²) in [6, 6.07) is 22.6. The van der Waals surface area contributed by atoms with Crippen LogP contribution in [0.5, 0.6) is 0 Å². The maximum Gasteiger partial charge on any atom is 0.159 e. The first-order valence-electron chi connectivity index (χ1n) is 9.34. The van der Waals surface area contributed by atoms with Crippen molar-refractivity contribution in [2.24, 2.45) is 0 Å². The molecule has 0 fully saturated rings. The second-order valence-electron chi connectivity index (χ2n) is 7.04. The van der Waals surface area contributed by atoms with Gasteiger partial charge in [0.1, 0.15) is 12.0 Å². The molecule has 5 nitrogen and oxygen atoms in total. The molecule has 28 heavy (non-hydrogen) atoms. The summed E-state index contributed by atoms with van der Waals surface area (Å²) in [5.41, 5.74) is 10.0. The van der Waals surface area contributed by atoms with Crippen molar-refractivity contribution in [3.63, 3.8) is 0 Å². The van der Waals surface area contributed by atoms with Crippen molar-refractivity contribution in [1.29, 1.82) is 0 Å². The SMILES string of the molecule is CC(C)c1ccc(Nc2ncnc(Nc3cccc4ccccc34)c2N)cc1. The van der Waals surface area contributed by atoms with Crippen LogP contribution in [0.3, 0.4) is 0 Å². The molecule has 0 radical (unpaired) electrons. The molecule has 0 saturated carbocycles. The molecule has 1 aromatic heterocycles. The predicted molar refractivity (Wildman–Crippen MR) is 117 cm³/mol. The fourth-order valence-corrected chi connectivity index (χ4v) is 3.14. The number of rotatable bonds is 5. The van der Waals surface area contributed by atoms with Crippen LogP contribution in [0.2, 0.25) is 0 Å². The van der Waals surface area contributed by atoms with Crippen LogP contribution < -0.4 is 16.4 Å². The first kappa shape index (κ1) is 17.8. The van der Waals surface area contributed by atoms with Crippen LogP contribution in [0.15, 0.2) is 73.1 Å². The first-order chi connectivity index (χ1) is 13.6. The summed E-state index contributed by atoms with van der Waals surface area (Å²) in [5.74, 6) is 1.65. The third-order valence-electron chi connectivity index (χ3n) is 4.77. The van der Waals surface area contributed by atoms with Crippen molar-refractivity contribution < 1.29 is 0 Å². The van der Waals surface area contributed by atoms with Gasteiger partial charge >= 0.3 is 0 Å². The Bertz CT molecular complexity index is 1100. The fourth-order valence-electron chi connectivity index (χ4n) is 3.14. The summed E-state index contributed by atoms with van der Waals surface area (Å²) in [4.78, 5) is 8.64. The van der Waals surface area contributed by atoms with Gasteiger partial charge in [0.25, 0.3) is 0 Å². The van der Waals surface area contributed by atoms with Crippen molar-refractivity contribution in [2.45, 2.75) is 19.8 Å². The van der Waals surface area contributed by atoms with Crippen molar-refractivity contribution >= 4 is 39.5 Å². The van der Waals surface area contributed by atoms with Gasteiger partial charge in [0.15, 0.2) is 11.6 Å². The lowest BCUT2D eigenvalue weighted by atomic mass is 10.0. The first-order valence-corrected chi connectivity index (χ1v) is 9.34. The minimum absolute atomic E-state index is 0.475. The van der Waals surface area contributed by atoms with E-state index in [0.717, 1.165) is 22.1 Å². The molecule has 0 aliphatic rings. The maximum absolute atomic E-state index is 6.35. The maximum atomic E-state index is 6.35. The molecule has 0 bridgehead atoms.